The highest BCUT2D eigenvalue weighted by Crippen LogP contribution is 2.26. The van der Waals surface area contributed by atoms with Crippen LogP contribution in [0.15, 0.2) is 62.6 Å². The van der Waals surface area contributed by atoms with E-state index in [1.165, 1.54) is 12.1 Å². The van der Waals surface area contributed by atoms with Crippen molar-refractivity contribution in [3.63, 3.8) is 0 Å². The van der Waals surface area contributed by atoms with Crippen molar-refractivity contribution in [2.75, 3.05) is 16.6 Å². The number of anilines is 2. The van der Waals surface area contributed by atoms with Gasteiger partial charge in [0, 0.05) is 15.8 Å². The summed E-state index contributed by atoms with van der Waals surface area (Å²) in [6.07, 6.45) is 0. The Hall–Kier alpha value is -2.89. The van der Waals surface area contributed by atoms with Crippen LogP contribution in [0.5, 0.6) is 5.75 Å². The second-order valence-corrected chi connectivity index (χ2v) is 10.1. The van der Waals surface area contributed by atoms with Crippen LogP contribution in [0.4, 0.5) is 11.4 Å². The molecule has 0 radical (unpaired) electrons. The van der Waals surface area contributed by atoms with Crippen LogP contribution in [-0.2, 0) is 19.6 Å². The third kappa shape index (κ3) is 5.84. The van der Waals surface area contributed by atoms with E-state index in [2.05, 4.69) is 26.0 Å². The number of sulfonamides is 1. The fourth-order valence-corrected chi connectivity index (χ4v) is 4.80. The molecule has 11 heteroatoms. The monoisotopic (exact) mass is 524 g/mol. The van der Waals surface area contributed by atoms with Crippen LogP contribution < -0.4 is 10.0 Å². The highest BCUT2D eigenvalue weighted by Gasteiger charge is 2.19. The number of aryl methyl sites for hydroxylation is 1. The number of halogens is 1. The molecule has 8 nitrogen and oxygen atoms in total. The van der Waals surface area contributed by atoms with E-state index in [1.807, 2.05) is 6.92 Å². The Kier molecular flexibility index (Phi) is 6.98. The maximum Gasteiger partial charge on any atom is 0.342 e. The van der Waals surface area contributed by atoms with Crippen molar-refractivity contribution in [2.24, 2.45) is 0 Å². The van der Waals surface area contributed by atoms with Crippen LogP contribution in [0, 0.1) is 6.92 Å². The molecule has 0 bridgehead atoms. The van der Waals surface area contributed by atoms with Crippen molar-refractivity contribution in [3.05, 3.63) is 69.5 Å². The number of rotatable bonds is 7. The summed E-state index contributed by atoms with van der Waals surface area (Å²) in [6.45, 7) is 1.28. The lowest BCUT2D eigenvalue weighted by atomic mass is 10.2. The minimum Gasteiger partial charge on any atom is -0.507 e. The first-order valence-electron chi connectivity index (χ1n) is 8.78. The lowest BCUT2D eigenvalue weighted by molar-refractivity contribution is -0.119. The van der Waals surface area contributed by atoms with E-state index in [9.17, 15) is 23.1 Å². The van der Waals surface area contributed by atoms with Crippen molar-refractivity contribution in [2.45, 2.75) is 11.1 Å². The summed E-state index contributed by atoms with van der Waals surface area (Å²) >= 11 is 4.40. The van der Waals surface area contributed by atoms with E-state index >= 15 is 0 Å². The molecule has 0 aliphatic heterocycles. The van der Waals surface area contributed by atoms with Gasteiger partial charge in [0.25, 0.3) is 15.9 Å². The van der Waals surface area contributed by atoms with E-state index in [0.717, 1.165) is 33.5 Å². The maximum absolute atomic E-state index is 12.3. The molecule has 3 rings (SSSR count). The summed E-state index contributed by atoms with van der Waals surface area (Å²) in [7, 11) is -3.82. The second kappa shape index (κ2) is 9.50. The number of benzene rings is 2. The van der Waals surface area contributed by atoms with Crippen molar-refractivity contribution < 1.29 is 27.9 Å². The number of hydrogen-bond acceptors (Lipinski definition) is 7. The Labute approximate surface area is 191 Å². The topological polar surface area (TPSA) is 122 Å². The van der Waals surface area contributed by atoms with Gasteiger partial charge in [0.1, 0.15) is 15.5 Å². The SMILES string of the molecule is Cc1cc(NC(=O)COC(=O)c2cc(NS(=O)(=O)c3cccs3)ccc2O)ccc1Br. The normalized spacial score (nSPS) is 11.0. The van der Waals surface area contributed by atoms with Gasteiger partial charge in [-0.3, -0.25) is 9.52 Å². The number of hydrogen-bond donors (Lipinski definition) is 3. The van der Waals surface area contributed by atoms with Gasteiger partial charge in [0.15, 0.2) is 6.61 Å². The largest absolute Gasteiger partial charge is 0.507 e. The number of carbonyl (C=O) groups excluding carboxylic acids is 2. The number of phenolic OH excluding ortho intramolecular Hbond substituents is 1. The van der Waals surface area contributed by atoms with Gasteiger partial charge in [-0.2, -0.15) is 0 Å². The molecule has 3 N–H and O–H groups in total. The average Bonchev–Trinajstić information content (AvgIpc) is 3.26. The molecule has 0 aliphatic rings. The summed E-state index contributed by atoms with van der Waals surface area (Å²) in [6, 6.07) is 11.8. The molecule has 1 aromatic heterocycles. The lowest BCUT2D eigenvalue weighted by Gasteiger charge is -2.11. The maximum atomic E-state index is 12.3. The van der Waals surface area contributed by atoms with E-state index < -0.39 is 34.3 Å². The Balaban J connectivity index is 1.65. The number of ether oxygens (including phenoxy) is 1. The summed E-state index contributed by atoms with van der Waals surface area (Å²) < 4.78 is 32.9. The zero-order valence-electron chi connectivity index (χ0n) is 16.1. The predicted octanol–water partition coefficient (Wildman–Crippen LogP) is 4.12. The zero-order valence-corrected chi connectivity index (χ0v) is 19.3. The van der Waals surface area contributed by atoms with Gasteiger partial charge in [-0.05, 0) is 60.3 Å². The predicted molar refractivity (Wildman–Crippen MR) is 121 cm³/mol. The molecular weight excluding hydrogens is 508 g/mol. The molecule has 0 saturated carbocycles. The first kappa shape index (κ1) is 22.8. The summed E-state index contributed by atoms with van der Waals surface area (Å²) in [5.74, 6) is -1.95. The van der Waals surface area contributed by atoms with Crippen molar-refractivity contribution in [1.29, 1.82) is 0 Å². The number of thiophene rings is 1. The first-order chi connectivity index (χ1) is 14.7. The number of carbonyl (C=O) groups is 2. The van der Waals surface area contributed by atoms with Gasteiger partial charge in [0.05, 0.1) is 0 Å². The number of nitrogens with one attached hydrogen (secondary N) is 2. The van der Waals surface area contributed by atoms with Crippen molar-refractivity contribution in [3.8, 4) is 5.75 Å². The summed E-state index contributed by atoms with van der Waals surface area (Å²) in [4.78, 5) is 24.4. The highest BCUT2D eigenvalue weighted by molar-refractivity contribution is 9.10. The van der Waals surface area contributed by atoms with Crippen LogP contribution in [0.3, 0.4) is 0 Å². The quantitative estimate of drug-likeness (QED) is 0.315. The standard InChI is InChI=1S/C20H17BrN2O6S2/c1-12-9-13(4-6-16(12)21)22-18(25)11-29-20(26)15-10-14(5-7-17(15)24)23-31(27,28)19-3-2-8-30-19/h2-10,23-24H,11H2,1H3,(H,22,25). The van der Waals surface area contributed by atoms with E-state index in [-0.39, 0.29) is 15.5 Å². The van der Waals surface area contributed by atoms with Crippen molar-refractivity contribution in [1.82, 2.24) is 0 Å². The molecule has 0 saturated heterocycles. The van der Waals surface area contributed by atoms with Gasteiger partial charge < -0.3 is 15.2 Å². The molecule has 0 fully saturated rings. The zero-order chi connectivity index (χ0) is 22.6. The Morgan fingerprint density at radius 3 is 2.55 bits per heavy atom. The molecular formula is C20H17BrN2O6S2. The van der Waals surface area contributed by atoms with Crippen LogP contribution in [0.2, 0.25) is 0 Å². The number of amides is 1. The third-order valence-corrected chi connectivity index (χ3v) is 7.67. The van der Waals surface area contributed by atoms with Gasteiger partial charge >= 0.3 is 5.97 Å². The van der Waals surface area contributed by atoms with Gasteiger partial charge in [-0.15, -0.1) is 11.3 Å². The van der Waals surface area contributed by atoms with Gasteiger partial charge in [0.2, 0.25) is 0 Å². The lowest BCUT2D eigenvalue weighted by Crippen LogP contribution is -2.21. The molecule has 0 spiro atoms. The number of esters is 1. The highest BCUT2D eigenvalue weighted by atomic mass is 79.9. The molecule has 3 aromatic rings. The van der Waals surface area contributed by atoms with Crippen molar-refractivity contribution >= 4 is 60.5 Å². The molecule has 2 aromatic carbocycles. The second-order valence-electron chi connectivity index (χ2n) is 6.36. The Bertz CT molecular complexity index is 1230. The number of aromatic hydroxyl groups is 1. The fraction of sp³-hybridized carbons (Fsp3) is 0.100. The minimum absolute atomic E-state index is 0.0629. The molecule has 0 unspecified atom stereocenters. The van der Waals surface area contributed by atoms with Crippen LogP contribution in [-0.4, -0.2) is 32.0 Å². The molecule has 1 heterocycles. The van der Waals surface area contributed by atoms with Crippen LogP contribution in [0.25, 0.3) is 0 Å². The first-order valence-corrected chi connectivity index (χ1v) is 11.9. The van der Waals surface area contributed by atoms with Crippen LogP contribution >= 0.6 is 27.3 Å². The molecule has 1 amide bonds. The minimum atomic E-state index is -3.82. The smallest absolute Gasteiger partial charge is 0.342 e. The third-order valence-electron chi connectivity index (χ3n) is 4.00. The molecule has 0 atom stereocenters. The van der Waals surface area contributed by atoms with Crippen LogP contribution in [0.1, 0.15) is 15.9 Å². The number of phenols is 1. The van der Waals surface area contributed by atoms with E-state index in [0.29, 0.717) is 5.69 Å². The Morgan fingerprint density at radius 1 is 1.13 bits per heavy atom. The van der Waals surface area contributed by atoms with E-state index in [4.69, 9.17) is 4.74 Å². The van der Waals surface area contributed by atoms with Gasteiger partial charge in [-0.25, -0.2) is 13.2 Å². The Morgan fingerprint density at radius 2 is 1.87 bits per heavy atom. The molecule has 0 aliphatic carbocycles. The summed E-state index contributed by atoms with van der Waals surface area (Å²) in [5, 5.41) is 14.2. The molecule has 31 heavy (non-hydrogen) atoms. The van der Waals surface area contributed by atoms with Gasteiger partial charge in [-0.1, -0.05) is 22.0 Å². The fourth-order valence-electron chi connectivity index (χ4n) is 2.51. The van der Waals surface area contributed by atoms with E-state index in [1.54, 1.807) is 29.6 Å². The summed E-state index contributed by atoms with van der Waals surface area (Å²) in [5.41, 5.74) is 1.24. The molecule has 162 valence electrons. The average molecular weight is 525 g/mol.